The molecule has 0 radical (unpaired) electrons. The second-order valence-electron chi connectivity index (χ2n) is 8.04. The van der Waals surface area contributed by atoms with Crippen LogP contribution in [0.15, 0.2) is 53.1 Å². The van der Waals surface area contributed by atoms with Crippen molar-refractivity contribution in [1.29, 1.82) is 0 Å². The first-order chi connectivity index (χ1) is 15.4. The summed E-state index contributed by atoms with van der Waals surface area (Å²) in [7, 11) is -4.03. The number of halogens is 1. The zero-order valence-corrected chi connectivity index (χ0v) is 19.5. The molecule has 1 aliphatic heterocycles. The van der Waals surface area contributed by atoms with Crippen LogP contribution in [0.1, 0.15) is 42.5 Å². The van der Waals surface area contributed by atoms with E-state index in [9.17, 15) is 13.2 Å². The number of carbonyl (C=O) groups excluding carboxylic acids is 1. The second-order valence-corrected chi connectivity index (χ2v) is 10.7. The van der Waals surface area contributed by atoms with E-state index < -0.39 is 10.0 Å². The molecule has 0 saturated carbocycles. The molecule has 2 aliphatic rings. The molecule has 1 fully saturated rings. The lowest BCUT2D eigenvalue weighted by Crippen LogP contribution is -2.39. The summed E-state index contributed by atoms with van der Waals surface area (Å²) in [5.41, 5.74) is 2.29. The van der Waals surface area contributed by atoms with Gasteiger partial charge in [0.05, 0.1) is 23.0 Å². The summed E-state index contributed by atoms with van der Waals surface area (Å²) in [4.78, 5) is 15.4. The molecule has 1 aromatic heterocycles. The van der Waals surface area contributed by atoms with Crippen LogP contribution >= 0.6 is 23.3 Å². The SMILES string of the molecule is O=C(c1ccc(Cl)cc1NS(=O)(=O)c1cccc2nsnc12)N1CCCC2CCCC=C21. The van der Waals surface area contributed by atoms with Gasteiger partial charge in [-0.2, -0.15) is 8.75 Å². The summed E-state index contributed by atoms with van der Waals surface area (Å²) >= 11 is 7.13. The molecule has 1 N–H and O–H groups in total. The molecule has 3 aromatic rings. The van der Waals surface area contributed by atoms with Gasteiger partial charge in [0.15, 0.2) is 0 Å². The number of hydrogen-bond acceptors (Lipinski definition) is 6. The highest BCUT2D eigenvalue weighted by molar-refractivity contribution is 7.93. The van der Waals surface area contributed by atoms with E-state index in [4.69, 9.17) is 11.6 Å². The summed E-state index contributed by atoms with van der Waals surface area (Å²) in [6.45, 7) is 0.625. The Bertz CT molecular complexity index is 1340. The number of sulfonamides is 1. The van der Waals surface area contributed by atoms with E-state index in [2.05, 4.69) is 19.5 Å². The normalized spacial score (nSPS) is 18.8. The minimum absolute atomic E-state index is 0.00940. The molecule has 166 valence electrons. The van der Waals surface area contributed by atoms with Gasteiger partial charge in [0.1, 0.15) is 15.9 Å². The van der Waals surface area contributed by atoms with Crippen molar-refractivity contribution in [3.63, 3.8) is 0 Å². The van der Waals surface area contributed by atoms with Crippen LogP contribution in [0.25, 0.3) is 11.0 Å². The molecule has 2 aromatic carbocycles. The number of allylic oxidation sites excluding steroid dienone is 2. The summed E-state index contributed by atoms with van der Waals surface area (Å²) in [6, 6.07) is 9.46. The van der Waals surface area contributed by atoms with Gasteiger partial charge in [-0.15, -0.1) is 0 Å². The van der Waals surface area contributed by atoms with Crippen LogP contribution in [0.2, 0.25) is 5.02 Å². The van der Waals surface area contributed by atoms with E-state index in [1.807, 2.05) is 0 Å². The molecule has 1 atom stereocenters. The molecule has 1 aliphatic carbocycles. The molecule has 1 saturated heterocycles. The number of piperidine rings is 1. The van der Waals surface area contributed by atoms with Crippen molar-refractivity contribution < 1.29 is 13.2 Å². The molecule has 0 bridgehead atoms. The zero-order valence-electron chi connectivity index (χ0n) is 17.1. The van der Waals surface area contributed by atoms with Crippen LogP contribution in [0.5, 0.6) is 0 Å². The molecule has 1 amide bonds. The van der Waals surface area contributed by atoms with E-state index in [0.717, 1.165) is 49.5 Å². The Balaban J connectivity index is 1.52. The quantitative estimate of drug-likeness (QED) is 0.553. The summed E-state index contributed by atoms with van der Waals surface area (Å²) < 4.78 is 37.3. The van der Waals surface area contributed by atoms with Gasteiger partial charge in [0.2, 0.25) is 0 Å². The lowest BCUT2D eigenvalue weighted by atomic mass is 9.84. The lowest BCUT2D eigenvalue weighted by Gasteiger charge is -2.38. The molecule has 1 unspecified atom stereocenters. The third-order valence-electron chi connectivity index (χ3n) is 6.01. The number of likely N-dealkylation sites (tertiary alicyclic amines) is 1. The maximum atomic E-state index is 13.6. The number of benzene rings is 2. The minimum Gasteiger partial charge on any atom is -0.312 e. The Labute approximate surface area is 195 Å². The molecular formula is C22H21ClN4O3S2. The average Bonchev–Trinajstić information content (AvgIpc) is 3.27. The summed E-state index contributed by atoms with van der Waals surface area (Å²) in [6.07, 6.45) is 7.35. The molecular weight excluding hydrogens is 468 g/mol. The van der Waals surface area contributed by atoms with Crippen molar-refractivity contribution >= 4 is 56.0 Å². The van der Waals surface area contributed by atoms with Crippen molar-refractivity contribution in [3.05, 3.63) is 58.8 Å². The highest BCUT2D eigenvalue weighted by Crippen LogP contribution is 2.37. The van der Waals surface area contributed by atoms with Gasteiger partial charge >= 0.3 is 0 Å². The first-order valence-corrected chi connectivity index (χ1v) is 13.1. The number of aromatic nitrogens is 2. The van der Waals surface area contributed by atoms with E-state index >= 15 is 0 Å². The molecule has 2 heterocycles. The van der Waals surface area contributed by atoms with Crippen LogP contribution < -0.4 is 4.72 Å². The molecule has 0 spiro atoms. The number of nitrogens with zero attached hydrogens (tertiary/aromatic N) is 3. The number of anilines is 1. The third kappa shape index (κ3) is 3.89. The van der Waals surface area contributed by atoms with Crippen LogP contribution in [0.4, 0.5) is 5.69 Å². The average molecular weight is 489 g/mol. The van der Waals surface area contributed by atoms with Crippen molar-refractivity contribution in [1.82, 2.24) is 13.6 Å². The predicted octanol–water partition coefficient (Wildman–Crippen LogP) is 5.07. The van der Waals surface area contributed by atoms with Crippen LogP contribution in [-0.2, 0) is 10.0 Å². The van der Waals surface area contributed by atoms with Crippen LogP contribution in [0, 0.1) is 5.92 Å². The number of nitrogens with one attached hydrogen (secondary N) is 1. The number of carbonyl (C=O) groups is 1. The highest BCUT2D eigenvalue weighted by atomic mass is 35.5. The van der Waals surface area contributed by atoms with E-state index in [1.54, 1.807) is 29.2 Å². The van der Waals surface area contributed by atoms with E-state index in [1.165, 1.54) is 12.1 Å². The standard InChI is InChI=1S/C22H21ClN4O3S2/c23-15-10-11-16(22(28)27-12-4-6-14-5-1-2-8-19(14)27)18(13-15)26-32(29,30)20-9-3-7-17-21(20)25-31-24-17/h3,7-11,13-14,26H,1-2,4-6,12H2. The Hall–Kier alpha value is -2.49. The van der Waals surface area contributed by atoms with Crippen molar-refractivity contribution in [2.24, 2.45) is 5.92 Å². The maximum absolute atomic E-state index is 13.6. The number of fused-ring (bicyclic) bond motifs is 2. The fourth-order valence-electron chi connectivity index (χ4n) is 4.53. The number of rotatable bonds is 4. The Kier molecular flexibility index (Phi) is 5.65. The zero-order chi connectivity index (χ0) is 22.3. The number of amides is 1. The van der Waals surface area contributed by atoms with Gasteiger partial charge in [-0.25, -0.2) is 8.42 Å². The van der Waals surface area contributed by atoms with Crippen molar-refractivity contribution in [2.75, 3.05) is 11.3 Å². The monoisotopic (exact) mass is 488 g/mol. The van der Waals surface area contributed by atoms with Crippen molar-refractivity contribution in [3.8, 4) is 0 Å². The summed E-state index contributed by atoms with van der Waals surface area (Å²) in [5, 5.41) is 0.334. The lowest BCUT2D eigenvalue weighted by molar-refractivity contribution is 0.0750. The topological polar surface area (TPSA) is 92.3 Å². The van der Waals surface area contributed by atoms with Crippen LogP contribution in [0.3, 0.4) is 0 Å². The van der Waals surface area contributed by atoms with Gasteiger partial charge in [-0.3, -0.25) is 9.52 Å². The van der Waals surface area contributed by atoms with E-state index in [0.29, 0.717) is 28.5 Å². The Morgan fingerprint density at radius 2 is 2.00 bits per heavy atom. The smallest absolute Gasteiger partial charge is 0.264 e. The van der Waals surface area contributed by atoms with Gasteiger partial charge in [0, 0.05) is 17.3 Å². The van der Waals surface area contributed by atoms with Gasteiger partial charge in [0.25, 0.3) is 15.9 Å². The molecule has 7 nitrogen and oxygen atoms in total. The largest absolute Gasteiger partial charge is 0.312 e. The number of hydrogen-bond donors (Lipinski definition) is 1. The molecule has 5 rings (SSSR count). The van der Waals surface area contributed by atoms with Gasteiger partial charge < -0.3 is 4.90 Å². The highest BCUT2D eigenvalue weighted by Gasteiger charge is 2.32. The fraction of sp³-hybridized carbons (Fsp3) is 0.318. The maximum Gasteiger partial charge on any atom is 0.264 e. The second kappa shape index (κ2) is 8.46. The van der Waals surface area contributed by atoms with Gasteiger partial charge in [-0.05, 0) is 68.4 Å². The first-order valence-electron chi connectivity index (χ1n) is 10.5. The first kappa shape index (κ1) is 21.4. The molecule has 32 heavy (non-hydrogen) atoms. The third-order valence-corrected chi connectivity index (χ3v) is 8.19. The van der Waals surface area contributed by atoms with Crippen molar-refractivity contribution in [2.45, 2.75) is 37.0 Å². The Morgan fingerprint density at radius 1 is 1.16 bits per heavy atom. The minimum atomic E-state index is -4.03. The van der Waals surface area contributed by atoms with E-state index in [-0.39, 0.29) is 22.1 Å². The van der Waals surface area contributed by atoms with Gasteiger partial charge in [-0.1, -0.05) is 23.7 Å². The predicted molar refractivity (Wildman–Crippen MR) is 125 cm³/mol. The molecule has 10 heteroatoms. The van der Waals surface area contributed by atoms with Crippen LogP contribution in [-0.4, -0.2) is 34.5 Å². The Morgan fingerprint density at radius 3 is 2.88 bits per heavy atom. The summed E-state index contributed by atoms with van der Waals surface area (Å²) in [5.74, 6) is 0.175. The fourth-order valence-corrected chi connectivity index (χ4v) is 6.54.